The maximum absolute atomic E-state index is 13.6. The van der Waals surface area contributed by atoms with Gasteiger partial charge < -0.3 is 9.47 Å². The van der Waals surface area contributed by atoms with Gasteiger partial charge in [0.15, 0.2) is 5.13 Å². The smallest absolute Gasteiger partial charge is 0.261 e. The van der Waals surface area contributed by atoms with Gasteiger partial charge in [-0.15, -0.1) is 12.4 Å². The second kappa shape index (κ2) is 12.0. The van der Waals surface area contributed by atoms with Gasteiger partial charge in [-0.1, -0.05) is 50.5 Å². The third kappa shape index (κ3) is 6.11. The highest BCUT2D eigenvalue weighted by Crippen LogP contribution is 2.39. The van der Waals surface area contributed by atoms with Crippen LogP contribution in [0.4, 0.5) is 5.13 Å². The normalized spacial score (nSPS) is 14.2. The van der Waals surface area contributed by atoms with E-state index in [1.807, 2.05) is 6.07 Å². The number of aromatic nitrogens is 1. The fraction of sp³-hybridized carbons (Fsp3) is 0.364. The van der Waals surface area contributed by atoms with Crippen molar-refractivity contribution in [2.75, 3.05) is 51.4 Å². The van der Waals surface area contributed by atoms with Crippen molar-refractivity contribution >= 4 is 84.1 Å². The molecule has 2 heterocycles. The van der Waals surface area contributed by atoms with E-state index in [0.29, 0.717) is 38.6 Å². The molecule has 1 fully saturated rings. The number of morpholine rings is 1. The third-order valence-electron chi connectivity index (χ3n) is 5.26. The molecule has 0 N–H and O–H groups in total. The van der Waals surface area contributed by atoms with Crippen molar-refractivity contribution in [3.63, 3.8) is 0 Å². The van der Waals surface area contributed by atoms with Crippen LogP contribution >= 0.6 is 62.9 Å². The van der Waals surface area contributed by atoms with E-state index >= 15 is 0 Å². The lowest BCUT2D eigenvalue weighted by Crippen LogP contribution is -2.39. The third-order valence-corrected chi connectivity index (χ3v) is 7.62. The molecule has 178 valence electrons. The monoisotopic (exact) mass is 593 g/mol. The highest BCUT2D eigenvalue weighted by atomic mass is 79.9. The number of hydrogen-bond donors (Lipinski definition) is 0. The topological polar surface area (TPSA) is 54.9 Å². The van der Waals surface area contributed by atoms with Gasteiger partial charge in [-0.05, 0) is 36.8 Å². The summed E-state index contributed by atoms with van der Waals surface area (Å²) in [5, 5.41) is 1.54. The Labute approximate surface area is 221 Å². The van der Waals surface area contributed by atoms with Crippen LogP contribution in [0.1, 0.15) is 16.8 Å². The summed E-state index contributed by atoms with van der Waals surface area (Å²) < 4.78 is 12.4. The second-order valence-electron chi connectivity index (χ2n) is 7.31. The maximum Gasteiger partial charge on any atom is 0.261 e. The van der Waals surface area contributed by atoms with E-state index in [1.165, 1.54) is 11.3 Å². The summed E-state index contributed by atoms with van der Waals surface area (Å²) in [6, 6.07) is 8.82. The Morgan fingerprint density at radius 1 is 1.24 bits per heavy atom. The van der Waals surface area contributed by atoms with Crippen LogP contribution in [0.15, 0.2) is 34.8 Å². The average molecular weight is 596 g/mol. The van der Waals surface area contributed by atoms with E-state index in [-0.39, 0.29) is 18.3 Å². The van der Waals surface area contributed by atoms with Crippen LogP contribution < -0.4 is 9.64 Å². The number of carbonyl (C=O) groups excluding carboxylic acids is 1. The highest BCUT2D eigenvalue weighted by molar-refractivity contribution is 9.10. The van der Waals surface area contributed by atoms with Crippen molar-refractivity contribution in [1.29, 1.82) is 0 Å². The van der Waals surface area contributed by atoms with Crippen molar-refractivity contribution in [1.82, 2.24) is 9.88 Å². The SMILES string of the molecule is COc1ccc(Cl)c2sc(N(CCCN3CCOCC3)C(=O)c3cc(Br)ccc3Cl)nc12.Cl. The van der Waals surface area contributed by atoms with Crippen LogP contribution in [0, 0.1) is 0 Å². The number of anilines is 1. The van der Waals surface area contributed by atoms with Gasteiger partial charge in [0.1, 0.15) is 11.3 Å². The molecule has 1 aliphatic heterocycles. The van der Waals surface area contributed by atoms with E-state index in [2.05, 4.69) is 20.8 Å². The first-order chi connectivity index (χ1) is 15.5. The summed E-state index contributed by atoms with van der Waals surface area (Å²) in [4.78, 5) is 22.4. The predicted molar refractivity (Wildman–Crippen MR) is 141 cm³/mol. The van der Waals surface area contributed by atoms with E-state index in [0.717, 1.165) is 48.4 Å². The van der Waals surface area contributed by atoms with Crippen LogP contribution in [-0.2, 0) is 4.74 Å². The fourth-order valence-corrected chi connectivity index (χ4v) is 5.43. The van der Waals surface area contributed by atoms with Crippen LogP contribution in [0.25, 0.3) is 10.2 Å². The Morgan fingerprint density at radius 3 is 2.70 bits per heavy atom. The van der Waals surface area contributed by atoms with Crippen LogP contribution in [-0.4, -0.2) is 62.3 Å². The number of ether oxygens (including phenoxy) is 2. The lowest BCUT2D eigenvalue weighted by molar-refractivity contribution is 0.0376. The minimum atomic E-state index is -0.201. The molecule has 4 rings (SSSR count). The van der Waals surface area contributed by atoms with Crippen LogP contribution in [0.3, 0.4) is 0 Å². The summed E-state index contributed by atoms with van der Waals surface area (Å²) >= 11 is 17.6. The standard InChI is InChI=1S/C22H22BrCl2N3O3S.ClH/c1-30-18-6-5-17(25)20-19(18)26-22(32-20)28(8-2-7-27-9-11-31-12-10-27)21(29)15-13-14(23)3-4-16(15)24;/h3-6,13H,2,7-12H2,1H3;1H. The van der Waals surface area contributed by atoms with Crippen LogP contribution in [0.5, 0.6) is 5.75 Å². The van der Waals surface area contributed by atoms with E-state index in [4.69, 9.17) is 37.7 Å². The quantitative estimate of drug-likeness (QED) is 0.327. The first-order valence-electron chi connectivity index (χ1n) is 10.2. The highest BCUT2D eigenvalue weighted by Gasteiger charge is 2.25. The molecule has 6 nitrogen and oxygen atoms in total. The molecule has 11 heteroatoms. The first-order valence-corrected chi connectivity index (χ1v) is 12.5. The van der Waals surface area contributed by atoms with E-state index < -0.39 is 0 Å². The molecule has 0 unspecified atom stereocenters. The number of hydrogen-bond acceptors (Lipinski definition) is 6. The van der Waals surface area contributed by atoms with Gasteiger partial charge in [0, 0.05) is 30.7 Å². The zero-order chi connectivity index (χ0) is 22.7. The molecule has 1 saturated heterocycles. The number of methoxy groups -OCH3 is 1. The second-order valence-corrected chi connectivity index (χ2v) is 10.0. The molecule has 0 bridgehead atoms. The molecule has 0 spiro atoms. The molecule has 1 amide bonds. The van der Waals surface area contributed by atoms with Crippen LogP contribution in [0.2, 0.25) is 10.0 Å². The molecule has 0 radical (unpaired) electrons. The van der Waals surface area contributed by atoms with Crippen molar-refractivity contribution in [2.45, 2.75) is 6.42 Å². The number of carbonyl (C=O) groups is 1. The number of halogens is 4. The van der Waals surface area contributed by atoms with Crippen molar-refractivity contribution in [3.05, 3.63) is 50.4 Å². The van der Waals surface area contributed by atoms with Gasteiger partial charge in [0.25, 0.3) is 5.91 Å². The Hall–Kier alpha value is -1.13. The molecule has 1 aromatic heterocycles. The molecular formula is C22H23BrCl3N3O3S. The Balaban J connectivity index is 0.00000306. The molecule has 2 aromatic carbocycles. The van der Waals surface area contributed by atoms with E-state index in [1.54, 1.807) is 36.3 Å². The summed E-state index contributed by atoms with van der Waals surface area (Å²) in [7, 11) is 1.59. The van der Waals surface area contributed by atoms with Gasteiger partial charge in [0.05, 0.1) is 40.6 Å². The molecule has 33 heavy (non-hydrogen) atoms. The number of fused-ring (bicyclic) bond motifs is 1. The predicted octanol–water partition coefficient (Wildman–Crippen LogP) is 6.17. The zero-order valence-corrected chi connectivity index (χ0v) is 22.6. The van der Waals surface area contributed by atoms with Crippen molar-refractivity contribution in [2.24, 2.45) is 0 Å². The maximum atomic E-state index is 13.6. The van der Waals surface area contributed by atoms with Gasteiger partial charge in [-0.25, -0.2) is 4.98 Å². The number of nitrogens with zero attached hydrogens (tertiary/aromatic N) is 3. The summed E-state index contributed by atoms with van der Waals surface area (Å²) in [5.41, 5.74) is 1.07. The summed E-state index contributed by atoms with van der Waals surface area (Å²) in [6.07, 6.45) is 0.790. The molecule has 1 aliphatic rings. The minimum absolute atomic E-state index is 0. The average Bonchev–Trinajstić information content (AvgIpc) is 3.25. The molecule has 0 aliphatic carbocycles. The zero-order valence-electron chi connectivity index (χ0n) is 17.9. The Kier molecular flexibility index (Phi) is 9.64. The Morgan fingerprint density at radius 2 is 1.97 bits per heavy atom. The van der Waals surface area contributed by atoms with Gasteiger partial charge in [0.2, 0.25) is 0 Å². The van der Waals surface area contributed by atoms with Gasteiger partial charge >= 0.3 is 0 Å². The summed E-state index contributed by atoms with van der Waals surface area (Å²) in [6.45, 7) is 4.66. The lowest BCUT2D eigenvalue weighted by Gasteiger charge is -2.28. The first kappa shape index (κ1) is 26.5. The number of amides is 1. The van der Waals surface area contributed by atoms with Gasteiger partial charge in [-0.2, -0.15) is 0 Å². The largest absolute Gasteiger partial charge is 0.494 e. The molecule has 0 saturated carbocycles. The number of rotatable bonds is 7. The molecular weight excluding hydrogens is 573 g/mol. The number of benzene rings is 2. The summed E-state index contributed by atoms with van der Waals surface area (Å²) in [5.74, 6) is 0.417. The van der Waals surface area contributed by atoms with E-state index in [9.17, 15) is 4.79 Å². The molecule has 3 aromatic rings. The van der Waals surface area contributed by atoms with Gasteiger partial charge in [-0.3, -0.25) is 14.6 Å². The molecule has 0 atom stereocenters. The Bertz CT molecular complexity index is 1120. The minimum Gasteiger partial charge on any atom is -0.494 e. The lowest BCUT2D eigenvalue weighted by atomic mass is 10.2. The van der Waals surface area contributed by atoms with Crippen molar-refractivity contribution < 1.29 is 14.3 Å². The van der Waals surface area contributed by atoms with Crippen molar-refractivity contribution in [3.8, 4) is 5.75 Å². The number of thiazole rings is 1. The fourth-order valence-electron chi connectivity index (χ4n) is 3.59.